The molecule has 7 heteroatoms. The molecule has 1 unspecified atom stereocenters. The van der Waals surface area contributed by atoms with Crippen molar-refractivity contribution in [2.75, 3.05) is 72.6 Å². The van der Waals surface area contributed by atoms with Crippen LogP contribution in [0.25, 0.3) is 0 Å². The molecule has 0 aromatic heterocycles. The third kappa shape index (κ3) is 7.43. The Morgan fingerprint density at radius 1 is 1.23 bits per heavy atom. The molecule has 0 saturated carbocycles. The van der Waals surface area contributed by atoms with Gasteiger partial charge in [0.15, 0.2) is 5.96 Å². The molecule has 6 nitrogen and oxygen atoms in total. The number of rotatable bonds is 6. The summed E-state index contributed by atoms with van der Waals surface area (Å²) in [6.07, 6.45) is 1.27. The number of nitrogens with zero attached hydrogens (tertiary/aromatic N) is 3. The van der Waals surface area contributed by atoms with Crippen molar-refractivity contribution in [3.05, 3.63) is 0 Å². The average molecular weight is 425 g/mol. The Hall–Kier alpha value is -0.120. The fourth-order valence-electron chi connectivity index (χ4n) is 2.89. The first-order valence-electron chi connectivity index (χ1n) is 8.28. The maximum atomic E-state index is 5.37. The van der Waals surface area contributed by atoms with Crippen LogP contribution in [-0.2, 0) is 4.74 Å². The zero-order valence-corrected chi connectivity index (χ0v) is 16.3. The van der Waals surface area contributed by atoms with E-state index < -0.39 is 0 Å². The third-order valence-electron chi connectivity index (χ3n) is 4.16. The van der Waals surface area contributed by atoms with Gasteiger partial charge in [-0.3, -0.25) is 9.89 Å². The Bertz CT molecular complexity index is 323. The number of ether oxygens (including phenoxy) is 1. The minimum atomic E-state index is 0. The molecule has 2 saturated heterocycles. The molecule has 22 heavy (non-hydrogen) atoms. The van der Waals surface area contributed by atoms with E-state index in [-0.39, 0.29) is 24.0 Å². The van der Waals surface area contributed by atoms with Crippen LogP contribution in [0.2, 0.25) is 0 Å². The van der Waals surface area contributed by atoms with E-state index in [2.05, 4.69) is 34.4 Å². The summed E-state index contributed by atoms with van der Waals surface area (Å²) in [4.78, 5) is 9.56. The number of halogens is 1. The quantitative estimate of drug-likeness (QED) is 0.368. The molecule has 0 amide bonds. The Morgan fingerprint density at radius 2 is 2.00 bits per heavy atom. The maximum absolute atomic E-state index is 5.37. The highest BCUT2D eigenvalue weighted by molar-refractivity contribution is 14.0. The van der Waals surface area contributed by atoms with Crippen LogP contribution in [0.15, 0.2) is 4.99 Å². The smallest absolute Gasteiger partial charge is 0.191 e. The lowest BCUT2D eigenvalue weighted by molar-refractivity contribution is 0.0389. The van der Waals surface area contributed by atoms with E-state index in [0.717, 1.165) is 58.4 Å². The first-order valence-corrected chi connectivity index (χ1v) is 8.28. The molecular formula is C15H32IN5O. The maximum Gasteiger partial charge on any atom is 0.191 e. The van der Waals surface area contributed by atoms with Crippen molar-refractivity contribution >= 4 is 29.9 Å². The third-order valence-corrected chi connectivity index (χ3v) is 4.16. The van der Waals surface area contributed by atoms with Gasteiger partial charge in [-0.15, -0.1) is 24.0 Å². The van der Waals surface area contributed by atoms with Gasteiger partial charge in [-0.25, -0.2) is 0 Å². The van der Waals surface area contributed by atoms with Gasteiger partial charge >= 0.3 is 0 Å². The fourth-order valence-corrected chi connectivity index (χ4v) is 2.89. The van der Waals surface area contributed by atoms with Gasteiger partial charge in [0.1, 0.15) is 0 Å². The van der Waals surface area contributed by atoms with Crippen LogP contribution in [0.4, 0.5) is 0 Å². The minimum absolute atomic E-state index is 0. The van der Waals surface area contributed by atoms with Crippen LogP contribution >= 0.6 is 24.0 Å². The van der Waals surface area contributed by atoms with E-state index in [9.17, 15) is 0 Å². The Kier molecular flexibility index (Phi) is 10.3. The Labute approximate surface area is 152 Å². The number of morpholine rings is 1. The highest BCUT2D eigenvalue weighted by atomic mass is 127. The molecule has 130 valence electrons. The molecule has 0 aromatic rings. The van der Waals surface area contributed by atoms with E-state index >= 15 is 0 Å². The number of likely N-dealkylation sites (tertiary alicyclic amines) is 1. The van der Waals surface area contributed by atoms with Gasteiger partial charge in [-0.2, -0.15) is 0 Å². The number of nitrogens with one attached hydrogen (secondary N) is 2. The van der Waals surface area contributed by atoms with Gasteiger partial charge in [0.05, 0.1) is 13.2 Å². The summed E-state index contributed by atoms with van der Waals surface area (Å²) < 4.78 is 5.37. The monoisotopic (exact) mass is 425 g/mol. The van der Waals surface area contributed by atoms with Gasteiger partial charge in [-0.1, -0.05) is 0 Å². The number of aliphatic imine (C=N–C) groups is 1. The molecule has 2 heterocycles. The van der Waals surface area contributed by atoms with E-state index in [1.54, 1.807) is 0 Å². The van der Waals surface area contributed by atoms with Crippen LogP contribution in [0.5, 0.6) is 0 Å². The topological polar surface area (TPSA) is 52.1 Å². The normalized spacial score (nSPS) is 24.1. The van der Waals surface area contributed by atoms with Crippen molar-refractivity contribution in [3.63, 3.8) is 0 Å². The predicted octanol–water partition coefficient (Wildman–Crippen LogP) is 0.443. The molecule has 2 aliphatic rings. The van der Waals surface area contributed by atoms with Gasteiger partial charge in [0.25, 0.3) is 0 Å². The molecule has 2 N–H and O–H groups in total. The van der Waals surface area contributed by atoms with Gasteiger partial charge in [-0.05, 0) is 32.9 Å². The lowest BCUT2D eigenvalue weighted by Gasteiger charge is -2.26. The van der Waals surface area contributed by atoms with Crippen LogP contribution in [0.3, 0.4) is 0 Å². The number of hydrogen-bond acceptors (Lipinski definition) is 4. The molecule has 0 bridgehead atoms. The average Bonchev–Trinajstić information content (AvgIpc) is 2.91. The van der Waals surface area contributed by atoms with E-state index in [0.29, 0.717) is 5.92 Å². The molecule has 0 radical (unpaired) electrons. The molecular weight excluding hydrogens is 393 g/mol. The largest absolute Gasteiger partial charge is 0.379 e. The molecule has 2 rings (SSSR count). The van der Waals surface area contributed by atoms with Crippen molar-refractivity contribution in [3.8, 4) is 0 Å². The Balaban J connectivity index is 0.00000242. The second kappa shape index (κ2) is 11.4. The van der Waals surface area contributed by atoms with Gasteiger partial charge in [0.2, 0.25) is 0 Å². The second-order valence-electron chi connectivity index (χ2n) is 6.02. The summed E-state index contributed by atoms with van der Waals surface area (Å²) in [6.45, 7) is 12.2. The molecule has 0 spiro atoms. The molecule has 2 fully saturated rings. The van der Waals surface area contributed by atoms with Crippen LogP contribution in [0, 0.1) is 5.92 Å². The van der Waals surface area contributed by atoms with E-state index in [1.807, 2.05) is 0 Å². The summed E-state index contributed by atoms with van der Waals surface area (Å²) >= 11 is 0. The van der Waals surface area contributed by atoms with E-state index in [4.69, 9.17) is 9.73 Å². The standard InChI is InChI=1S/C15H31N5O.HI/c1-3-16-15(18-12-14-4-6-19(2)13-14)17-5-7-20-8-10-21-11-9-20;/h14H,3-13H2,1-2H3,(H2,16,17,18);1H. The van der Waals surface area contributed by atoms with Crippen LogP contribution < -0.4 is 10.6 Å². The molecule has 0 aromatic carbocycles. The molecule has 1 atom stereocenters. The van der Waals surface area contributed by atoms with Gasteiger partial charge < -0.3 is 20.3 Å². The second-order valence-corrected chi connectivity index (χ2v) is 6.02. The van der Waals surface area contributed by atoms with E-state index in [1.165, 1.54) is 19.5 Å². The lowest BCUT2D eigenvalue weighted by atomic mass is 10.1. The highest BCUT2D eigenvalue weighted by Gasteiger charge is 2.18. The molecule has 2 aliphatic heterocycles. The van der Waals surface area contributed by atoms with Crippen molar-refractivity contribution in [2.45, 2.75) is 13.3 Å². The van der Waals surface area contributed by atoms with Gasteiger partial charge in [0, 0.05) is 45.8 Å². The summed E-state index contributed by atoms with van der Waals surface area (Å²) in [5.41, 5.74) is 0. The SMILES string of the molecule is CCNC(=NCC1CCN(C)C1)NCCN1CCOCC1.I. The summed E-state index contributed by atoms with van der Waals surface area (Å²) in [5.74, 6) is 1.67. The van der Waals surface area contributed by atoms with Crippen molar-refractivity contribution in [1.29, 1.82) is 0 Å². The lowest BCUT2D eigenvalue weighted by Crippen LogP contribution is -2.44. The van der Waals surface area contributed by atoms with Crippen molar-refractivity contribution in [1.82, 2.24) is 20.4 Å². The first-order chi connectivity index (χ1) is 10.3. The predicted molar refractivity (Wildman–Crippen MR) is 102 cm³/mol. The number of guanidine groups is 1. The minimum Gasteiger partial charge on any atom is -0.379 e. The highest BCUT2D eigenvalue weighted by Crippen LogP contribution is 2.14. The zero-order valence-electron chi connectivity index (χ0n) is 14.0. The van der Waals surface area contributed by atoms with Crippen molar-refractivity contribution in [2.24, 2.45) is 10.9 Å². The number of hydrogen-bond donors (Lipinski definition) is 2. The summed E-state index contributed by atoms with van der Waals surface area (Å²) in [5, 5.41) is 6.78. The fraction of sp³-hybridized carbons (Fsp3) is 0.933. The zero-order chi connectivity index (χ0) is 14.9. The van der Waals surface area contributed by atoms with Crippen LogP contribution in [-0.4, -0.2) is 88.4 Å². The summed E-state index contributed by atoms with van der Waals surface area (Å²) in [7, 11) is 2.19. The van der Waals surface area contributed by atoms with Crippen molar-refractivity contribution < 1.29 is 4.74 Å². The summed E-state index contributed by atoms with van der Waals surface area (Å²) in [6, 6.07) is 0. The van der Waals surface area contributed by atoms with Crippen LogP contribution in [0.1, 0.15) is 13.3 Å². The molecule has 0 aliphatic carbocycles. The Morgan fingerprint density at radius 3 is 2.64 bits per heavy atom. The first kappa shape index (κ1) is 19.9.